The van der Waals surface area contributed by atoms with Crippen molar-refractivity contribution < 1.29 is 18.3 Å². The van der Waals surface area contributed by atoms with Crippen LogP contribution in [0.15, 0.2) is 47.3 Å². The van der Waals surface area contributed by atoms with Gasteiger partial charge in [-0.1, -0.05) is 25.3 Å². The predicted molar refractivity (Wildman–Crippen MR) is 113 cm³/mol. The zero-order valence-electron chi connectivity index (χ0n) is 17.6. The zero-order valence-corrected chi connectivity index (χ0v) is 17.6. The van der Waals surface area contributed by atoms with Crippen molar-refractivity contribution in [1.82, 2.24) is 19.8 Å². The van der Waals surface area contributed by atoms with Gasteiger partial charge >= 0.3 is 11.7 Å². The minimum atomic E-state index is -1.05. The van der Waals surface area contributed by atoms with Crippen molar-refractivity contribution in [3.05, 3.63) is 64.6 Å². The molecule has 0 unspecified atom stereocenters. The van der Waals surface area contributed by atoms with Gasteiger partial charge in [0.25, 0.3) is 0 Å². The number of hydrogen-bond donors (Lipinski definition) is 0. The molecule has 2 aromatic carbocycles. The highest BCUT2D eigenvalue weighted by Crippen LogP contribution is 2.29. The summed E-state index contributed by atoms with van der Waals surface area (Å²) in [5.74, 6) is -1.31. The SMILES string of the molecule is CCOc1ccc(N(C(=O)n2nnn(-c3c(F)cccc3F)c2=O)C2CCCCC2)cc1. The van der Waals surface area contributed by atoms with E-state index >= 15 is 0 Å². The number of hydrogen-bond acceptors (Lipinski definition) is 5. The van der Waals surface area contributed by atoms with Crippen molar-refractivity contribution in [2.45, 2.75) is 45.1 Å². The lowest BCUT2D eigenvalue weighted by Gasteiger charge is -2.33. The zero-order chi connectivity index (χ0) is 22.7. The van der Waals surface area contributed by atoms with Crippen LogP contribution in [0.4, 0.5) is 19.3 Å². The molecule has 1 aliphatic rings. The highest BCUT2D eigenvalue weighted by Gasteiger charge is 2.31. The van der Waals surface area contributed by atoms with E-state index in [9.17, 15) is 18.4 Å². The summed E-state index contributed by atoms with van der Waals surface area (Å²) in [5, 5.41) is 7.19. The molecule has 1 amide bonds. The van der Waals surface area contributed by atoms with E-state index in [1.54, 1.807) is 24.3 Å². The van der Waals surface area contributed by atoms with Crippen LogP contribution in [-0.4, -0.2) is 38.5 Å². The number of aromatic nitrogens is 4. The topological polar surface area (TPSA) is 82.2 Å². The Balaban J connectivity index is 1.73. The number of halogens is 2. The largest absolute Gasteiger partial charge is 0.494 e. The van der Waals surface area contributed by atoms with Gasteiger partial charge in [-0.15, -0.1) is 4.68 Å². The van der Waals surface area contributed by atoms with Gasteiger partial charge in [-0.2, -0.15) is 4.68 Å². The fraction of sp³-hybridized carbons (Fsp3) is 0.364. The van der Waals surface area contributed by atoms with Crippen molar-refractivity contribution >= 4 is 11.7 Å². The number of rotatable bonds is 5. The second kappa shape index (κ2) is 9.29. The monoisotopic (exact) mass is 443 g/mol. The third-order valence-electron chi connectivity index (χ3n) is 5.48. The molecule has 8 nitrogen and oxygen atoms in total. The molecule has 4 rings (SSSR count). The first-order valence-electron chi connectivity index (χ1n) is 10.6. The van der Waals surface area contributed by atoms with E-state index in [1.807, 2.05) is 6.92 Å². The third kappa shape index (κ3) is 4.12. The van der Waals surface area contributed by atoms with Crippen LogP contribution in [0.5, 0.6) is 5.75 Å². The normalized spacial score (nSPS) is 14.3. The maximum absolute atomic E-state index is 14.2. The summed E-state index contributed by atoms with van der Waals surface area (Å²) >= 11 is 0. The molecule has 0 N–H and O–H groups in total. The van der Waals surface area contributed by atoms with E-state index in [4.69, 9.17) is 4.74 Å². The minimum Gasteiger partial charge on any atom is -0.494 e. The maximum Gasteiger partial charge on any atom is 0.377 e. The van der Waals surface area contributed by atoms with E-state index < -0.39 is 29.0 Å². The lowest BCUT2D eigenvalue weighted by atomic mass is 9.94. The van der Waals surface area contributed by atoms with E-state index in [2.05, 4.69) is 10.4 Å². The molecule has 1 heterocycles. The number of para-hydroxylation sites is 1. The van der Waals surface area contributed by atoms with Crippen molar-refractivity contribution in [1.29, 1.82) is 0 Å². The highest BCUT2D eigenvalue weighted by atomic mass is 19.1. The van der Waals surface area contributed by atoms with Crippen LogP contribution < -0.4 is 15.3 Å². The fourth-order valence-electron chi connectivity index (χ4n) is 3.99. The minimum absolute atomic E-state index is 0.142. The average molecular weight is 443 g/mol. The van der Waals surface area contributed by atoms with Gasteiger partial charge in [-0.05, 0) is 66.6 Å². The maximum atomic E-state index is 14.2. The molecule has 1 fully saturated rings. The molecule has 32 heavy (non-hydrogen) atoms. The number of tetrazole rings is 1. The Morgan fingerprint density at radius 1 is 1.06 bits per heavy atom. The van der Waals surface area contributed by atoms with Crippen LogP contribution in [0.1, 0.15) is 39.0 Å². The van der Waals surface area contributed by atoms with Crippen LogP contribution >= 0.6 is 0 Å². The summed E-state index contributed by atoms with van der Waals surface area (Å²) in [4.78, 5) is 27.8. The quantitative estimate of drug-likeness (QED) is 0.559. The van der Waals surface area contributed by atoms with Crippen LogP contribution in [-0.2, 0) is 0 Å². The van der Waals surface area contributed by atoms with E-state index in [0.717, 1.165) is 44.2 Å². The predicted octanol–water partition coefficient (Wildman–Crippen LogP) is 3.91. The van der Waals surface area contributed by atoms with Crippen molar-refractivity contribution in [3.8, 4) is 11.4 Å². The number of nitrogens with zero attached hydrogens (tertiary/aromatic N) is 5. The smallest absolute Gasteiger partial charge is 0.377 e. The second-order valence-electron chi connectivity index (χ2n) is 7.53. The van der Waals surface area contributed by atoms with Gasteiger partial charge in [0.15, 0.2) is 11.6 Å². The summed E-state index contributed by atoms with van der Waals surface area (Å²) < 4.78 is 34.8. The van der Waals surface area contributed by atoms with E-state index in [1.165, 1.54) is 11.0 Å². The molecule has 3 aromatic rings. The Bertz CT molecular complexity index is 1130. The molecule has 1 aliphatic carbocycles. The molecule has 0 bridgehead atoms. The van der Waals surface area contributed by atoms with Crippen LogP contribution in [0.3, 0.4) is 0 Å². The standard InChI is InChI=1S/C22H23F2N5O3/c1-2-32-17-13-11-16(12-14-17)27(15-7-4-3-5-8-15)21(30)29-22(31)28(25-26-29)20-18(23)9-6-10-19(20)24/h6,9-15H,2-5,7-8H2,1H3. The van der Waals surface area contributed by atoms with Gasteiger partial charge in [0, 0.05) is 11.7 Å². The molecule has 0 atom stereocenters. The van der Waals surface area contributed by atoms with E-state index in [0.29, 0.717) is 27.4 Å². The molecule has 1 aromatic heterocycles. The summed E-state index contributed by atoms with van der Waals surface area (Å²) in [7, 11) is 0. The van der Waals surface area contributed by atoms with Crippen LogP contribution in [0, 0.1) is 11.6 Å². The average Bonchev–Trinajstić information content (AvgIpc) is 3.17. The van der Waals surface area contributed by atoms with Crippen LogP contribution in [0.2, 0.25) is 0 Å². The molecular formula is C22H23F2N5O3. The fourth-order valence-corrected chi connectivity index (χ4v) is 3.99. The van der Waals surface area contributed by atoms with Gasteiger partial charge in [0.1, 0.15) is 11.4 Å². The lowest BCUT2D eigenvalue weighted by molar-refractivity contribution is 0.238. The molecule has 1 saturated carbocycles. The Morgan fingerprint density at radius 2 is 1.72 bits per heavy atom. The molecule has 0 aliphatic heterocycles. The lowest BCUT2D eigenvalue weighted by Crippen LogP contribution is -2.47. The molecule has 0 spiro atoms. The summed E-state index contributed by atoms with van der Waals surface area (Å²) in [6, 6.07) is 9.27. The summed E-state index contributed by atoms with van der Waals surface area (Å²) in [6.07, 6.45) is 4.51. The van der Waals surface area contributed by atoms with Gasteiger partial charge in [0.2, 0.25) is 0 Å². The highest BCUT2D eigenvalue weighted by molar-refractivity contribution is 5.93. The first-order valence-corrected chi connectivity index (χ1v) is 10.6. The van der Waals surface area contributed by atoms with Crippen molar-refractivity contribution in [3.63, 3.8) is 0 Å². The number of carbonyl (C=O) groups excluding carboxylic acids is 1. The van der Waals surface area contributed by atoms with Crippen molar-refractivity contribution in [2.75, 3.05) is 11.5 Å². The Labute approximate surface area is 183 Å². The third-order valence-corrected chi connectivity index (χ3v) is 5.48. The number of carbonyl (C=O) groups is 1. The molecule has 10 heteroatoms. The van der Waals surface area contributed by atoms with Gasteiger partial charge < -0.3 is 4.74 Å². The van der Waals surface area contributed by atoms with Gasteiger partial charge in [0.05, 0.1) is 6.61 Å². The Hall–Kier alpha value is -3.56. The molecule has 168 valence electrons. The summed E-state index contributed by atoms with van der Waals surface area (Å²) in [5.41, 5.74) is -1.16. The molecular weight excluding hydrogens is 420 g/mol. The van der Waals surface area contributed by atoms with Crippen LogP contribution in [0.25, 0.3) is 5.69 Å². The number of amides is 1. The van der Waals surface area contributed by atoms with Gasteiger partial charge in [-0.3, -0.25) is 4.90 Å². The Kier molecular flexibility index (Phi) is 6.29. The first-order chi connectivity index (χ1) is 15.5. The summed E-state index contributed by atoms with van der Waals surface area (Å²) in [6.45, 7) is 2.38. The number of benzene rings is 2. The molecule has 0 saturated heterocycles. The second-order valence-corrected chi connectivity index (χ2v) is 7.53. The van der Waals surface area contributed by atoms with E-state index in [-0.39, 0.29) is 6.04 Å². The van der Waals surface area contributed by atoms with Crippen molar-refractivity contribution in [2.24, 2.45) is 0 Å². The Morgan fingerprint density at radius 3 is 2.34 bits per heavy atom. The molecule has 0 radical (unpaired) electrons. The van der Waals surface area contributed by atoms with Gasteiger partial charge in [-0.25, -0.2) is 18.4 Å². The first kappa shape index (κ1) is 21.7. The number of anilines is 1. The number of ether oxygens (including phenoxy) is 1.